The zero-order valence-corrected chi connectivity index (χ0v) is 16.8. The summed E-state index contributed by atoms with van der Waals surface area (Å²) in [6.45, 7) is 6.35. The molecule has 0 bridgehead atoms. The van der Waals surface area contributed by atoms with Crippen molar-refractivity contribution in [3.63, 3.8) is 0 Å². The molecule has 1 aromatic carbocycles. The summed E-state index contributed by atoms with van der Waals surface area (Å²) >= 11 is 7.17. The number of hydrogen-bond acceptors (Lipinski definition) is 5. The van der Waals surface area contributed by atoms with Crippen LogP contribution < -0.4 is 5.32 Å². The Morgan fingerprint density at radius 1 is 1.27 bits per heavy atom. The van der Waals surface area contributed by atoms with Crippen LogP contribution in [0.5, 0.6) is 0 Å². The number of carbonyl (C=O) groups is 1. The van der Waals surface area contributed by atoms with Crippen molar-refractivity contribution in [3.8, 4) is 11.5 Å². The standard InChI is InChI=1S/C19H24ClN3O2S/c1-11-5-4-6-16(12(11)2)21-17(24)13(3)26-19-23-22-18(25-19)14-7-9-15(20)10-8-14/h7-13,16H,4-6H2,1-3H3,(H,21,24)/t11-,12+,13+,16-/m0/s1. The topological polar surface area (TPSA) is 68.0 Å². The molecule has 1 aliphatic rings. The van der Waals surface area contributed by atoms with E-state index in [2.05, 4.69) is 29.4 Å². The predicted molar refractivity (Wildman–Crippen MR) is 104 cm³/mol. The lowest BCUT2D eigenvalue weighted by Crippen LogP contribution is -2.46. The molecular weight excluding hydrogens is 370 g/mol. The van der Waals surface area contributed by atoms with E-state index in [0.29, 0.717) is 28.0 Å². The molecule has 5 nitrogen and oxygen atoms in total. The molecule has 0 unspecified atom stereocenters. The lowest BCUT2D eigenvalue weighted by atomic mass is 9.78. The summed E-state index contributed by atoms with van der Waals surface area (Å²) in [6, 6.07) is 7.45. The van der Waals surface area contributed by atoms with Crippen LogP contribution >= 0.6 is 23.4 Å². The van der Waals surface area contributed by atoms with Crippen molar-refractivity contribution in [1.29, 1.82) is 0 Å². The molecule has 0 saturated heterocycles. The van der Waals surface area contributed by atoms with Gasteiger partial charge in [0.1, 0.15) is 0 Å². The Kier molecular flexibility index (Phi) is 6.24. The number of aromatic nitrogens is 2. The minimum absolute atomic E-state index is 0.0205. The molecule has 1 fully saturated rings. The number of amides is 1. The van der Waals surface area contributed by atoms with Crippen LogP contribution in [0.25, 0.3) is 11.5 Å². The Morgan fingerprint density at radius 3 is 2.73 bits per heavy atom. The fourth-order valence-corrected chi connectivity index (χ4v) is 4.08. The maximum atomic E-state index is 12.5. The average molecular weight is 394 g/mol. The zero-order valence-electron chi connectivity index (χ0n) is 15.2. The van der Waals surface area contributed by atoms with Crippen molar-refractivity contribution in [2.75, 3.05) is 0 Å². The lowest BCUT2D eigenvalue weighted by Gasteiger charge is -2.35. The Hall–Kier alpha value is -1.53. The van der Waals surface area contributed by atoms with Gasteiger partial charge in [0.05, 0.1) is 5.25 Å². The second kappa shape index (κ2) is 8.44. The second-order valence-electron chi connectivity index (χ2n) is 7.02. The molecule has 0 radical (unpaired) electrons. The van der Waals surface area contributed by atoms with Crippen molar-refractivity contribution >= 4 is 29.3 Å². The molecule has 0 spiro atoms. The maximum absolute atomic E-state index is 12.5. The maximum Gasteiger partial charge on any atom is 0.277 e. The van der Waals surface area contributed by atoms with Gasteiger partial charge in [-0.25, -0.2) is 0 Å². The normalized spacial score (nSPS) is 24.2. The van der Waals surface area contributed by atoms with Crippen LogP contribution in [0.3, 0.4) is 0 Å². The van der Waals surface area contributed by atoms with Gasteiger partial charge in [-0.3, -0.25) is 4.79 Å². The molecular formula is C19H24ClN3O2S. The Labute approximate surface area is 163 Å². The van der Waals surface area contributed by atoms with Crippen LogP contribution in [0.1, 0.15) is 40.0 Å². The van der Waals surface area contributed by atoms with Crippen LogP contribution in [-0.4, -0.2) is 27.4 Å². The highest BCUT2D eigenvalue weighted by Crippen LogP contribution is 2.31. The first-order valence-electron chi connectivity index (χ1n) is 9.00. The number of halogens is 1. The first-order valence-corrected chi connectivity index (χ1v) is 10.3. The molecule has 26 heavy (non-hydrogen) atoms. The van der Waals surface area contributed by atoms with E-state index in [1.54, 1.807) is 12.1 Å². The molecule has 1 N–H and O–H groups in total. The van der Waals surface area contributed by atoms with Crippen LogP contribution in [0.4, 0.5) is 0 Å². The summed E-state index contributed by atoms with van der Waals surface area (Å²) in [7, 11) is 0. The molecule has 4 atom stereocenters. The Morgan fingerprint density at radius 2 is 2.00 bits per heavy atom. The Balaban J connectivity index is 1.58. The summed E-state index contributed by atoms with van der Waals surface area (Å²) < 4.78 is 5.68. The van der Waals surface area contributed by atoms with E-state index in [-0.39, 0.29) is 17.2 Å². The van der Waals surface area contributed by atoms with E-state index in [4.69, 9.17) is 16.0 Å². The fourth-order valence-electron chi connectivity index (χ4n) is 3.26. The van der Waals surface area contributed by atoms with Crippen LogP contribution in [0.2, 0.25) is 5.02 Å². The molecule has 2 aromatic rings. The highest BCUT2D eigenvalue weighted by Gasteiger charge is 2.29. The van der Waals surface area contributed by atoms with Gasteiger partial charge in [-0.05, 0) is 49.4 Å². The highest BCUT2D eigenvalue weighted by molar-refractivity contribution is 8.00. The van der Waals surface area contributed by atoms with Crippen molar-refractivity contribution < 1.29 is 9.21 Å². The lowest BCUT2D eigenvalue weighted by molar-refractivity contribution is -0.121. The first-order chi connectivity index (χ1) is 12.4. The average Bonchev–Trinajstić information content (AvgIpc) is 3.08. The number of benzene rings is 1. The number of nitrogens with one attached hydrogen (secondary N) is 1. The third-order valence-electron chi connectivity index (χ3n) is 5.18. The van der Waals surface area contributed by atoms with E-state index in [1.807, 2.05) is 19.1 Å². The molecule has 1 aliphatic carbocycles. The van der Waals surface area contributed by atoms with E-state index >= 15 is 0 Å². The smallest absolute Gasteiger partial charge is 0.277 e. The third kappa shape index (κ3) is 4.60. The summed E-state index contributed by atoms with van der Waals surface area (Å²) in [6.07, 6.45) is 3.47. The summed E-state index contributed by atoms with van der Waals surface area (Å²) in [4.78, 5) is 12.5. The first kappa shape index (κ1) is 19.2. The largest absolute Gasteiger partial charge is 0.411 e. The van der Waals surface area contributed by atoms with Gasteiger partial charge in [0, 0.05) is 16.6 Å². The second-order valence-corrected chi connectivity index (χ2v) is 8.75. The van der Waals surface area contributed by atoms with Crippen molar-refractivity contribution in [1.82, 2.24) is 15.5 Å². The number of thioether (sulfide) groups is 1. The van der Waals surface area contributed by atoms with Crippen LogP contribution in [0, 0.1) is 11.8 Å². The zero-order chi connectivity index (χ0) is 18.7. The molecule has 1 aromatic heterocycles. The SMILES string of the molecule is C[C@H]1[C@@H](NC(=O)[C@@H](C)Sc2nnc(-c3ccc(Cl)cc3)o2)CCC[C@@H]1C. The van der Waals surface area contributed by atoms with Gasteiger partial charge in [-0.2, -0.15) is 0 Å². The van der Waals surface area contributed by atoms with E-state index in [0.717, 1.165) is 12.0 Å². The fraction of sp³-hybridized carbons (Fsp3) is 0.526. The van der Waals surface area contributed by atoms with Gasteiger partial charge in [0.15, 0.2) is 0 Å². The molecule has 0 aliphatic heterocycles. The molecule has 1 saturated carbocycles. The van der Waals surface area contributed by atoms with E-state index in [9.17, 15) is 4.79 Å². The van der Waals surface area contributed by atoms with Crippen molar-refractivity contribution in [2.24, 2.45) is 11.8 Å². The molecule has 3 rings (SSSR count). The van der Waals surface area contributed by atoms with Crippen LogP contribution in [-0.2, 0) is 4.79 Å². The van der Waals surface area contributed by atoms with Crippen molar-refractivity contribution in [3.05, 3.63) is 29.3 Å². The molecule has 7 heteroatoms. The van der Waals surface area contributed by atoms with Crippen LogP contribution in [0.15, 0.2) is 33.9 Å². The monoisotopic (exact) mass is 393 g/mol. The number of hydrogen-bond donors (Lipinski definition) is 1. The molecule has 140 valence electrons. The molecule has 1 amide bonds. The Bertz CT molecular complexity index is 749. The summed E-state index contributed by atoms with van der Waals surface area (Å²) in [5, 5.41) is 12.0. The van der Waals surface area contributed by atoms with Gasteiger partial charge < -0.3 is 9.73 Å². The van der Waals surface area contributed by atoms with Gasteiger partial charge in [0.2, 0.25) is 11.8 Å². The van der Waals surface area contributed by atoms with Gasteiger partial charge in [-0.1, -0.05) is 50.1 Å². The quantitative estimate of drug-likeness (QED) is 0.738. The van der Waals surface area contributed by atoms with E-state index < -0.39 is 0 Å². The van der Waals surface area contributed by atoms with Crippen molar-refractivity contribution in [2.45, 2.75) is 56.5 Å². The van der Waals surface area contributed by atoms with E-state index in [1.165, 1.54) is 24.6 Å². The third-order valence-corrected chi connectivity index (χ3v) is 6.37. The van der Waals surface area contributed by atoms with Gasteiger partial charge >= 0.3 is 0 Å². The molecule has 1 heterocycles. The summed E-state index contributed by atoms with van der Waals surface area (Å²) in [5.41, 5.74) is 0.802. The van der Waals surface area contributed by atoms with Gasteiger partial charge in [-0.15, -0.1) is 10.2 Å². The minimum Gasteiger partial charge on any atom is -0.411 e. The number of rotatable bonds is 5. The minimum atomic E-state index is -0.294. The highest BCUT2D eigenvalue weighted by atomic mass is 35.5. The number of nitrogens with zero attached hydrogens (tertiary/aromatic N) is 2. The van der Waals surface area contributed by atoms with Gasteiger partial charge in [0.25, 0.3) is 5.22 Å². The summed E-state index contributed by atoms with van der Waals surface area (Å²) in [5.74, 6) is 1.60. The number of carbonyl (C=O) groups excluding carboxylic acids is 1. The predicted octanol–water partition coefficient (Wildman–Crippen LogP) is 4.81.